The molecule has 0 aliphatic heterocycles. The Morgan fingerprint density at radius 3 is 2.53 bits per heavy atom. The Hall–Kier alpha value is -4.39. The number of amides is 2. The highest BCUT2D eigenvalue weighted by Crippen LogP contribution is 2.33. The lowest BCUT2D eigenvalue weighted by Gasteiger charge is -2.05. The number of aromatic amines is 1. The maximum absolute atomic E-state index is 12.6. The van der Waals surface area contributed by atoms with Crippen molar-refractivity contribution in [1.82, 2.24) is 10.4 Å². The Bertz CT molecular complexity index is 1310. The number of hydrazone groups is 1. The van der Waals surface area contributed by atoms with Crippen molar-refractivity contribution in [3.8, 4) is 17.0 Å². The molecule has 0 spiro atoms. The van der Waals surface area contributed by atoms with Crippen LogP contribution in [0.25, 0.3) is 22.2 Å². The number of anilines is 1. The van der Waals surface area contributed by atoms with E-state index in [1.165, 1.54) is 6.92 Å². The third-order valence-electron chi connectivity index (χ3n) is 4.92. The molecule has 32 heavy (non-hydrogen) atoms. The molecule has 1 heterocycles. The first-order valence-corrected chi connectivity index (χ1v) is 10.0. The van der Waals surface area contributed by atoms with E-state index in [9.17, 15) is 9.59 Å². The number of para-hydroxylation sites is 1. The summed E-state index contributed by atoms with van der Waals surface area (Å²) in [5, 5.41) is 7.79. The van der Waals surface area contributed by atoms with Crippen molar-refractivity contribution in [2.75, 3.05) is 12.4 Å². The van der Waals surface area contributed by atoms with E-state index in [1.807, 2.05) is 48.5 Å². The van der Waals surface area contributed by atoms with Gasteiger partial charge in [0.15, 0.2) is 0 Å². The number of carbonyl (C=O) groups excluding carboxylic acids is 2. The average molecular weight is 426 g/mol. The van der Waals surface area contributed by atoms with E-state index in [-0.39, 0.29) is 11.8 Å². The summed E-state index contributed by atoms with van der Waals surface area (Å²) in [5.41, 5.74) is 7.04. The van der Waals surface area contributed by atoms with E-state index in [4.69, 9.17) is 4.74 Å². The van der Waals surface area contributed by atoms with Gasteiger partial charge in [-0.05, 0) is 29.8 Å². The summed E-state index contributed by atoms with van der Waals surface area (Å²) in [4.78, 5) is 27.2. The fraction of sp³-hybridized carbons (Fsp3) is 0.0800. The van der Waals surface area contributed by atoms with Crippen molar-refractivity contribution >= 4 is 34.6 Å². The Morgan fingerprint density at radius 2 is 1.78 bits per heavy atom. The molecular weight excluding hydrogens is 404 g/mol. The fourth-order valence-electron chi connectivity index (χ4n) is 3.51. The first-order chi connectivity index (χ1) is 15.6. The molecular formula is C25H22N4O3. The lowest BCUT2D eigenvalue weighted by Crippen LogP contribution is -2.18. The molecule has 0 saturated carbocycles. The maximum atomic E-state index is 12.6. The summed E-state index contributed by atoms with van der Waals surface area (Å²) in [5.74, 6) is 0.133. The number of fused-ring (bicyclic) bond motifs is 1. The second kappa shape index (κ2) is 9.18. The van der Waals surface area contributed by atoms with Crippen LogP contribution in [0.3, 0.4) is 0 Å². The fourth-order valence-corrected chi connectivity index (χ4v) is 3.51. The summed E-state index contributed by atoms with van der Waals surface area (Å²) in [6, 6.07) is 22.3. The van der Waals surface area contributed by atoms with Crippen molar-refractivity contribution in [2.24, 2.45) is 5.10 Å². The van der Waals surface area contributed by atoms with E-state index >= 15 is 0 Å². The minimum Gasteiger partial charge on any atom is -0.495 e. The molecule has 3 N–H and O–H groups in total. The van der Waals surface area contributed by atoms with Gasteiger partial charge in [0.2, 0.25) is 5.91 Å². The van der Waals surface area contributed by atoms with Crippen LogP contribution >= 0.6 is 0 Å². The van der Waals surface area contributed by atoms with Crippen LogP contribution in [0.4, 0.5) is 5.69 Å². The molecule has 0 radical (unpaired) electrons. The minimum absolute atomic E-state index is 0.205. The van der Waals surface area contributed by atoms with Crippen molar-refractivity contribution in [3.63, 3.8) is 0 Å². The lowest BCUT2D eigenvalue weighted by molar-refractivity contribution is -0.114. The molecule has 3 aromatic carbocycles. The van der Waals surface area contributed by atoms with E-state index in [2.05, 4.69) is 20.8 Å². The second-order valence-electron chi connectivity index (χ2n) is 7.12. The zero-order valence-electron chi connectivity index (χ0n) is 17.7. The summed E-state index contributed by atoms with van der Waals surface area (Å²) in [7, 11) is 1.63. The number of carbonyl (C=O) groups is 2. The quantitative estimate of drug-likeness (QED) is 0.311. The molecule has 0 fully saturated rings. The van der Waals surface area contributed by atoms with Crippen molar-refractivity contribution in [2.45, 2.75) is 6.92 Å². The molecule has 0 aliphatic rings. The Morgan fingerprint density at radius 1 is 1.00 bits per heavy atom. The monoisotopic (exact) mass is 426 g/mol. The van der Waals surface area contributed by atoms with Gasteiger partial charge < -0.3 is 15.0 Å². The van der Waals surface area contributed by atoms with E-state index in [0.29, 0.717) is 11.3 Å². The molecule has 4 aromatic rings. The number of methoxy groups -OCH3 is 1. The standard InChI is InChI=1S/C25H22N4O3/c1-16(30)27-19-11-6-10-18(14-19)25(31)29-26-15-21-20-12-7-13-22(32-2)24(20)28-23(21)17-8-4-3-5-9-17/h3-15,28H,1-2H3,(H,27,30)(H,29,31). The predicted molar refractivity (Wildman–Crippen MR) is 126 cm³/mol. The zero-order chi connectivity index (χ0) is 22.5. The summed E-state index contributed by atoms with van der Waals surface area (Å²) < 4.78 is 5.50. The first kappa shape index (κ1) is 20.9. The highest BCUT2D eigenvalue weighted by atomic mass is 16.5. The van der Waals surface area contributed by atoms with Crippen LogP contribution in [-0.4, -0.2) is 30.1 Å². The number of hydrogen-bond donors (Lipinski definition) is 3. The van der Waals surface area contributed by atoms with Crippen LogP contribution in [0.15, 0.2) is 77.9 Å². The molecule has 1 aromatic heterocycles. The van der Waals surface area contributed by atoms with Gasteiger partial charge in [0.1, 0.15) is 5.75 Å². The van der Waals surface area contributed by atoms with Crippen molar-refractivity contribution in [3.05, 3.63) is 83.9 Å². The van der Waals surface area contributed by atoms with E-state index < -0.39 is 0 Å². The molecule has 160 valence electrons. The maximum Gasteiger partial charge on any atom is 0.271 e. The molecule has 0 bridgehead atoms. The first-order valence-electron chi connectivity index (χ1n) is 10.0. The molecule has 4 rings (SSSR count). The van der Waals surface area contributed by atoms with E-state index in [1.54, 1.807) is 37.6 Å². The second-order valence-corrected chi connectivity index (χ2v) is 7.12. The summed E-state index contributed by atoms with van der Waals surface area (Å²) in [6.45, 7) is 1.41. The van der Waals surface area contributed by atoms with Crippen molar-refractivity contribution < 1.29 is 14.3 Å². The number of nitrogens with one attached hydrogen (secondary N) is 3. The highest BCUT2D eigenvalue weighted by Gasteiger charge is 2.15. The number of hydrogen-bond acceptors (Lipinski definition) is 4. The number of ether oxygens (including phenoxy) is 1. The van der Waals surface area contributed by atoms with Crippen LogP contribution in [0, 0.1) is 0 Å². The van der Waals surface area contributed by atoms with Gasteiger partial charge in [-0.25, -0.2) is 5.43 Å². The molecule has 7 heteroatoms. The van der Waals surface area contributed by atoms with Gasteiger partial charge in [-0.2, -0.15) is 5.10 Å². The molecule has 7 nitrogen and oxygen atoms in total. The van der Waals surface area contributed by atoms with Gasteiger partial charge in [-0.1, -0.05) is 48.5 Å². The van der Waals surface area contributed by atoms with Crippen LogP contribution in [0.2, 0.25) is 0 Å². The summed E-state index contributed by atoms with van der Waals surface area (Å²) in [6.07, 6.45) is 1.62. The highest BCUT2D eigenvalue weighted by molar-refractivity contribution is 6.08. The SMILES string of the molecule is COc1cccc2c(C=NNC(=O)c3cccc(NC(C)=O)c3)c(-c3ccccc3)[nH]c12. The average Bonchev–Trinajstić information content (AvgIpc) is 3.18. The number of nitrogens with zero attached hydrogens (tertiary/aromatic N) is 1. The Kier molecular flexibility index (Phi) is 5.98. The van der Waals surface area contributed by atoms with Gasteiger partial charge in [0.25, 0.3) is 5.91 Å². The minimum atomic E-state index is -0.382. The van der Waals surface area contributed by atoms with Crippen molar-refractivity contribution in [1.29, 1.82) is 0 Å². The molecule has 0 atom stereocenters. The van der Waals surface area contributed by atoms with Crippen LogP contribution in [0.1, 0.15) is 22.8 Å². The third-order valence-corrected chi connectivity index (χ3v) is 4.92. The van der Waals surface area contributed by atoms with Crippen LogP contribution < -0.4 is 15.5 Å². The molecule has 2 amide bonds. The normalized spacial score (nSPS) is 10.9. The third kappa shape index (κ3) is 4.37. The Labute approximate surface area is 185 Å². The molecule has 0 aliphatic carbocycles. The van der Waals surface area contributed by atoms with Crippen LogP contribution in [-0.2, 0) is 4.79 Å². The van der Waals surface area contributed by atoms with Gasteiger partial charge in [-0.15, -0.1) is 0 Å². The van der Waals surface area contributed by atoms with Crippen LogP contribution in [0.5, 0.6) is 5.75 Å². The van der Waals surface area contributed by atoms with Gasteiger partial charge >= 0.3 is 0 Å². The molecule has 0 saturated heterocycles. The van der Waals surface area contributed by atoms with Gasteiger partial charge in [0.05, 0.1) is 24.5 Å². The topological polar surface area (TPSA) is 95.6 Å². The zero-order valence-corrected chi connectivity index (χ0v) is 17.7. The number of H-pyrrole nitrogens is 1. The number of aromatic nitrogens is 1. The predicted octanol–water partition coefficient (Wildman–Crippen LogP) is 4.57. The number of benzene rings is 3. The summed E-state index contributed by atoms with van der Waals surface area (Å²) >= 11 is 0. The smallest absolute Gasteiger partial charge is 0.271 e. The van der Waals surface area contributed by atoms with E-state index in [0.717, 1.165) is 33.5 Å². The number of rotatable bonds is 6. The Balaban J connectivity index is 1.65. The molecule has 0 unspecified atom stereocenters. The van der Waals surface area contributed by atoms with Gasteiger partial charge in [-0.3, -0.25) is 9.59 Å². The lowest BCUT2D eigenvalue weighted by atomic mass is 10.1. The largest absolute Gasteiger partial charge is 0.495 e. The van der Waals surface area contributed by atoms with Gasteiger partial charge in [0, 0.05) is 29.1 Å².